The first kappa shape index (κ1) is 14.3. The second-order valence-corrected chi connectivity index (χ2v) is 5.22. The molecule has 2 heterocycles. The maximum Gasteiger partial charge on any atom is 0.148 e. The van der Waals surface area contributed by atoms with Crippen molar-refractivity contribution in [2.75, 3.05) is 32.9 Å². The number of halogens is 4. The van der Waals surface area contributed by atoms with Crippen molar-refractivity contribution in [3.63, 3.8) is 0 Å². The van der Waals surface area contributed by atoms with E-state index in [1.165, 1.54) is 6.20 Å². The number of aromatic nitrogens is 1. The number of hydrogen-bond acceptors (Lipinski definition) is 3. The van der Waals surface area contributed by atoms with Crippen LogP contribution in [0.5, 0.6) is 0 Å². The maximum absolute atomic E-state index is 13.4. The summed E-state index contributed by atoms with van der Waals surface area (Å²) >= 11 is 18.1. The van der Waals surface area contributed by atoms with Crippen LogP contribution in [-0.2, 0) is 0 Å². The first-order valence-electron chi connectivity index (χ1n) is 5.65. The molecule has 1 aliphatic rings. The maximum atomic E-state index is 13.4. The summed E-state index contributed by atoms with van der Waals surface area (Å²) in [6.07, 6.45) is 1.41. The van der Waals surface area contributed by atoms with E-state index in [0.29, 0.717) is 10.6 Å². The predicted octanol–water partition coefficient (Wildman–Crippen LogP) is 2.96. The van der Waals surface area contributed by atoms with E-state index in [-0.39, 0.29) is 10.2 Å². The van der Waals surface area contributed by atoms with Gasteiger partial charge in [0.1, 0.15) is 11.8 Å². The molecule has 0 unspecified atom stereocenters. The molecule has 1 aromatic rings. The van der Waals surface area contributed by atoms with Gasteiger partial charge in [-0.2, -0.15) is 0 Å². The first-order chi connectivity index (χ1) is 8.65. The lowest BCUT2D eigenvalue weighted by Gasteiger charge is -2.34. The zero-order chi connectivity index (χ0) is 13.1. The van der Waals surface area contributed by atoms with E-state index in [4.69, 9.17) is 34.8 Å². The zero-order valence-corrected chi connectivity index (χ0v) is 11.9. The molecular formula is C11H13Cl3FN3. The molecule has 0 saturated carbocycles. The Hall–Kier alpha value is -0.130. The number of alkyl halides is 1. The summed E-state index contributed by atoms with van der Waals surface area (Å²) in [5, 5.41) is 3.97. The molecule has 1 saturated heterocycles. The summed E-state index contributed by atoms with van der Waals surface area (Å²) in [6.45, 7) is 2.59. The third-order valence-corrected chi connectivity index (χ3v) is 4.10. The van der Waals surface area contributed by atoms with E-state index < -0.39 is 12.7 Å². The van der Waals surface area contributed by atoms with Gasteiger partial charge in [0.15, 0.2) is 0 Å². The van der Waals surface area contributed by atoms with E-state index >= 15 is 0 Å². The standard InChI is InChI=1S/C11H13Cl3FN3/c12-7-6-17-11(14)10(13)9(7)8(5-15)18-3-1-16-2-4-18/h6,8,16H,1-5H2/t8-/m0/s1. The van der Waals surface area contributed by atoms with Crippen LogP contribution in [0, 0.1) is 0 Å². The summed E-state index contributed by atoms with van der Waals surface area (Å²) in [5.41, 5.74) is 0.530. The summed E-state index contributed by atoms with van der Waals surface area (Å²) in [4.78, 5) is 5.86. The highest BCUT2D eigenvalue weighted by atomic mass is 35.5. The molecular weight excluding hydrogens is 299 g/mol. The average Bonchev–Trinajstić information content (AvgIpc) is 2.40. The van der Waals surface area contributed by atoms with Gasteiger partial charge in [-0.1, -0.05) is 34.8 Å². The Kier molecular flexibility index (Phi) is 5.04. The molecule has 0 amide bonds. The third-order valence-electron chi connectivity index (χ3n) is 3.04. The molecule has 0 bridgehead atoms. The molecule has 1 aromatic heterocycles. The van der Waals surface area contributed by atoms with Crippen molar-refractivity contribution >= 4 is 34.8 Å². The van der Waals surface area contributed by atoms with Crippen LogP contribution in [0.1, 0.15) is 11.6 Å². The van der Waals surface area contributed by atoms with Crippen LogP contribution in [0.2, 0.25) is 15.2 Å². The smallest absolute Gasteiger partial charge is 0.148 e. The molecule has 0 spiro atoms. The normalized spacial score (nSPS) is 18.9. The van der Waals surface area contributed by atoms with Gasteiger partial charge in [0, 0.05) is 37.9 Å². The van der Waals surface area contributed by atoms with Crippen LogP contribution in [0.4, 0.5) is 4.39 Å². The van der Waals surface area contributed by atoms with Gasteiger partial charge in [0.2, 0.25) is 0 Å². The Balaban J connectivity index is 2.34. The summed E-state index contributed by atoms with van der Waals surface area (Å²) in [6, 6.07) is -0.465. The van der Waals surface area contributed by atoms with Gasteiger partial charge in [-0.25, -0.2) is 9.37 Å². The van der Waals surface area contributed by atoms with Crippen molar-refractivity contribution < 1.29 is 4.39 Å². The van der Waals surface area contributed by atoms with Gasteiger partial charge < -0.3 is 5.32 Å². The van der Waals surface area contributed by atoms with E-state index in [9.17, 15) is 4.39 Å². The first-order valence-corrected chi connectivity index (χ1v) is 6.78. The minimum Gasteiger partial charge on any atom is -0.314 e. The van der Waals surface area contributed by atoms with E-state index in [2.05, 4.69) is 10.3 Å². The van der Waals surface area contributed by atoms with Crippen molar-refractivity contribution in [2.45, 2.75) is 6.04 Å². The Labute approximate surface area is 120 Å². The lowest BCUT2D eigenvalue weighted by Crippen LogP contribution is -2.45. The zero-order valence-electron chi connectivity index (χ0n) is 9.60. The van der Waals surface area contributed by atoms with Crippen LogP contribution in [0.15, 0.2) is 6.20 Å². The Bertz CT molecular complexity index is 424. The van der Waals surface area contributed by atoms with Crippen molar-refractivity contribution in [3.8, 4) is 0 Å². The van der Waals surface area contributed by atoms with Crippen molar-refractivity contribution in [3.05, 3.63) is 27.0 Å². The number of nitrogens with zero attached hydrogens (tertiary/aromatic N) is 2. The molecule has 7 heteroatoms. The van der Waals surface area contributed by atoms with Crippen LogP contribution in [-0.4, -0.2) is 42.7 Å². The van der Waals surface area contributed by atoms with Gasteiger partial charge in [-0.05, 0) is 0 Å². The highest BCUT2D eigenvalue weighted by Crippen LogP contribution is 2.37. The van der Waals surface area contributed by atoms with Crippen molar-refractivity contribution in [1.82, 2.24) is 15.2 Å². The highest BCUT2D eigenvalue weighted by Gasteiger charge is 2.27. The molecule has 2 rings (SSSR count). The number of hydrogen-bond donors (Lipinski definition) is 1. The molecule has 1 fully saturated rings. The van der Waals surface area contributed by atoms with Crippen LogP contribution >= 0.6 is 34.8 Å². The third kappa shape index (κ3) is 2.89. The Morgan fingerprint density at radius 2 is 2.00 bits per heavy atom. The van der Waals surface area contributed by atoms with Crippen LogP contribution in [0.25, 0.3) is 0 Å². The van der Waals surface area contributed by atoms with Gasteiger partial charge in [0.05, 0.1) is 16.1 Å². The lowest BCUT2D eigenvalue weighted by atomic mass is 10.1. The summed E-state index contributed by atoms with van der Waals surface area (Å²) in [5.74, 6) is 0. The Morgan fingerprint density at radius 3 is 2.61 bits per heavy atom. The molecule has 0 radical (unpaired) electrons. The molecule has 18 heavy (non-hydrogen) atoms. The topological polar surface area (TPSA) is 28.2 Å². The largest absolute Gasteiger partial charge is 0.314 e. The van der Waals surface area contributed by atoms with Crippen LogP contribution < -0.4 is 5.32 Å². The molecule has 0 aliphatic carbocycles. The number of pyridine rings is 1. The van der Waals surface area contributed by atoms with Gasteiger partial charge in [0.25, 0.3) is 0 Å². The SMILES string of the molecule is FC[C@@H](c1c(Cl)cnc(Cl)c1Cl)N1CCNCC1. The predicted molar refractivity (Wildman–Crippen MR) is 72.4 cm³/mol. The number of nitrogens with one attached hydrogen (secondary N) is 1. The van der Waals surface area contributed by atoms with Crippen molar-refractivity contribution in [2.24, 2.45) is 0 Å². The van der Waals surface area contributed by atoms with Gasteiger partial charge in [-0.3, -0.25) is 4.90 Å². The molecule has 1 atom stereocenters. The number of piperazine rings is 1. The fraction of sp³-hybridized carbons (Fsp3) is 0.545. The molecule has 1 N–H and O–H groups in total. The second-order valence-electron chi connectivity index (χ2n) is 4.08. The monoisotopic (exact) mass is 311 g/mol. The van der Waals surface area contributed by atoms with Crippen molar-refractivity contribution in [1.29, 1.82) is 0 Å². The fourth-order valence-electron chi connectivity index (χ4n) is 2.11. The summed E-state index contributed by atoms with van der Waals surface area (Å²) in [7, 11) is 0. The minimum atomic E-state index is -0.556. The highest BCUT2D eigenvalue weighted by molar-refractivity contribution is 6.43. The molecule has 1 aliphatic heterocycles. The lowest BCUT2D eigenvalue weighted by molar-refractivity contribution is 0.147. The minimum absolute atomic E-state index is 0.157. The molecule has 3 nitrogen and oxygen atoms in total. The average molecular weight is 313 g/mol. The molecule has 100 valence electrons. The van der Waals surface area contributed by atoms with E-state index in [1.54, 1.807) is 0 Å². The number of rotatable bonds is 3. The van der Waals surface area contributed by atoms with Crippen LogP contribution in [0.3, 0.4) is 0 Å². The van der Waals surface area contributed by atoms with Gasteiger partial charge in [-0.15, -0.1) is 0 Å². The fourth-order valence-corrected chi connectivity index (χ4v) is 2.86. The quantitative estimate of drug-likeness (QED) is 0.870. The van der Waals surface area contributed by atoms with E-state index in [0.717, 1.165) is 26.2 Å². The molecule has 0 aromatic carbocycles. The second kappa shape index (κ2) is 6.35. The van der Waals surface area contributed by atoms with Gasteiger partial charge >= 0.3 is 0 Å². The summed E-state index contributed by atoms with van der Waals surface area (Å²) < 4.78 is 13.4. The van der Waals surface area contributed by atoms with E-state index in [1.807, 2.05) is 4.90 Å². The Morgan fingerprint density at radius 1 is 1.33 bits per heavy atom.